The highest BCUT2D eigenvalue weighted by molar-refractivity contribution is 4.99. The van der Waals surface area contributed by atoms with E-state index in [9.17, 15) is 0 Å². The van der Waals surface area contributed by atoms with E-state index >= 15 is 0 Å². The van der Waals surface area contributed by atoms with Crippen molar-refractivity contribution < 1.29 is 0 Å². The summed E-state index contributed by atoms with van der Waals surface area (Å²) in [6, 6.07) is 1.68. The van der Waals surface area contributed by atoms with Gasteiger partial charge in [-0.3, -0.25) is 0 Å². The molecule has 0 aromatic rings. The van der Waals surface area contributed by atoms with Crippen molar-refractivity contribution >= 4 is 0 Å². The van der Waals surface area contributed by atoms with E-state index in [1.54, 1.807) is 0 Å². The largest absolute Gasteiger partial charge is 0.300 e. The topological polar surface area (TPSA) is 3.24 Å². The van der Waals surface area contributed by atoms with E-state index in [-0.39, 0.29) is 0 Å². The summed E-state index contributed by atoms with van der Waals surface area (Å²) in [6.07, 6.45) is 6.02. The zero-order valence-corrected chi connectivity index (χ0v) is 8.59. The molecule has 1 heteroatoms. The second kappa shape index (κ2) is 3.02. The highest BCUT2D eigenvalue weighted by Crippen LogP contribution is 2.48. The van der Waals surface area contributed by atoms with Crippen LogP contribution in [0.25, 0.3) is 0 Å². The molecule has 2 bridgehead atoms. The van der Waals surface area contributed by atoms with Gasteiger partial charge in [0.2, 0.25) is 0 Å². The van der Waals surface area contributed by atoms with E-state index in [0.29, 0.717) is 0 Å². The smallest absolute Gasteiger partial charge is 0.0152 e. The molecule has 0 aliphatic heterocycles. The number of fused-ring (bicyclic) bond motifs is 2. The van der Waals surface area contributed by atoms with E-state index in [1.807, 2.05) is 0 Å². The summed E-state index contributed by atoms with van der Waals surface area (Å²) in [4.78, 5) is 2.60. The van der Waals surface area contributed by atoms with Crippen LogP contribution in [-0.4, -0.2) is 24.0 Å². The summed E-state index contributed by atoms with van der Waals surface area (Å²) in [5.41, 5.74) is 0. The summed E-state index contributed by atoms with van der Waals surface area (Å²) < 4.78 is 0. The highest BCUT2D eigenvalue weighted by Gasteiger charge is 2.45. The normalized spacial score (nSPS) is 40.2. The van der Waals surface area contributed by atoms with E-state index in [0.717, 1.165) is 23.9 Å². The molecule has 0 heterocycles. The zero-order chi connectivity index (χ0) is 8.72. The number of hydrogen-bond acceptors (Lipinski definition) is 1. The monoisotopic (exact) mass is 167 g/mol. The van der Waals surface area contributed by atoms with Crippen molar-refractivity contribution in [2.45, 2.75) is 51.6 Å². The Morgan fingerprint density at radius 1 is 1.17 bits per heavy atom. The molecule has 2 atom stereocenters. The molecule has 3 saturated carbocycles. The van der Waals surface area contributed by atoms with Crippen molar-refractivity contribution in [2.24, 2.45) is 11.8 Å². The van der Waals surface area contributed by atoms with E-state index in [4.69, 9.17) is 0 Å². The molecule has 0 saturated heterocycles. The Labute approximate surface area is 76.1 Å². The van der Waals surface area contributed by atoms with Crippen LogP contribution < -0.4 is 0 Å². The van der Waals surface area contributed by atoms with Gasteiger partial charge in [-0.05, 0) is 52.0 Å². The molecule has 1 nitrogen and oxygen atoms in total. The molecular weight excluding hydrogens is 146 g/mol. The second-order valence-corrected chi connectivity index (χ2v) is 4.94. The minimum atomic E-state index is 0.735. The van der Waals surface area contributed by atoms with Crippen molar-refractivity contribution in [3.8, 4) is 0 Å². The van der Waals surface area contributed by atoms with Gasteiger partial charge in [0, 0.05) is 12.1 Å². The molecule has 3 fully saturated rings. The maximum absolute atomic E-state index is 2.60. The van der Waals surface area contributed by atoms with Gasteiger partial charge >= 0.3 is 0 Å². The van der Waals surface area contributed by atoms with Crippen LogP contribution >= 0.6 is 0 Å². The van der Waals surface area contributed by atoms with Crippen LogP contribution in [0.2, 0.25) is 0 Å². The summed E-state index contributed by atoms with van der Waals surface area (Å²) >= 11 is 0. The Bertz CT molecular complexity index is 150. The molecule has 0 aromatic carbocycles. The minimum Gasteiger partial charge on any atom is -0.300 e. The fourth-order valence-corrected chi connectivity index (χ4v) is 3.09. The Morgan fingerprint density at radius 2 is 1.75 bits per heavy atom. The summed E-state index contributed by atoms with van der Waals surface area (Å²) in [7, 11) is 2.31. The van der Waals surface area contributed by atoms with Crippen molar-refractivity contribution in [2.75, 3.05) is 7.05 Å². The van der Waals surface area contributed by atoms with E-state index in [1.165, 1.54) is 25.7 Å². The summed E-state index contributed by atoms with van der Waals surface area (Å²) in [5.74, 6) is 2.10. The van der Waals surface area contributed by atoms with Crippen molar-refractivity contribution in [1.29, 1.82) is 0 Å². The fourth-order valence-electron chi connectivity index (χ4n) is 3.09. The first-order chi connectivity index (χ1) is 5.70. The Balaban J connectivity index is 1.96. The molecule has 0 radical (unpaired) electrons. The lowest BCUT2D eigenvalue weighted by molar-refractivity contribution is -0.0390. The molecule has 0 spiro atoms. The molecule has 3 aliphatic rings. The lowest BCUT2D eigenvalue weighted by Gasteiger charge is -2.54. The van der Waals surface area contributed by atoms with E-state index < -0.39 is 0 Å². The average Bonchev–Trinajstić information content (AvgIpc) is 2.05. The summed E-state index contributed by atoms with van der Waals surface area (Å²) in [6.45, 7) is 4.63. The lowest BCUT2D eigenvalue weighted by atomic mass is 9.60. The van der Waals surface area contributed by atoms with Gasteiger partial charge in [0.15, 0.2) is 0 Å². The molecule has 0 aromatic heterocycles. The SMILES string of the molecule is CC(C)N(C)C1C2CCCC1C2. The van der Waals surface area contributed by atoms with Crippen molar-refractivity contribution in [1.82, 2.24) is 4.90 Å². The van der Waals surface area contributed by atoms with E-state index in [2.05, 4.69) is 25.8 Å². The highest BCUT2D eigenvalue weighted by atomic mass is 15.2. The first-order valence-corrected chi connectivity index (χ1v) is 5.42. The van der Waals surface area contributed by atoms with Crippen molar-refractivity contribution in [3.05, 3.63) is 0 Å². The van der Waals surface area contributed by atoms with Gasteiger partial charge in [-0.15, -0.1) is 0 Å². The molecule has 3 rings (SSSR count). The first kappa shape index (κ1) is 8.55. The van der Waals surface area contributed by atoms with Crippen LogP contribution in [0, 0.1) is 11.8 Å². The van der Waals surface area contributed by atoms with Crippen LogP contribution in [-0.2, 0) is 0 Å². The van der Waals surface area contributed by atoms with Crippen LogP contribution in [0.4, 0.5) is 0 Å². The lowest BCUT2D eigenvalue weighted by Crippen LogP contribution is -2.56. The van der Waals surface area contributed by atoms with Gasteiger partial charge in [0.05, 0.1) is 0 Å². The predicted octanol–water partition coefficient (Wildman–Crippen LogP) is 2.52. The van der Waals surface area contributed by atoms with Gasteiger partial charge in [-0.2, -0.15) is 0 Å². The first-order valence-electron chi connectivity index (χ1n) is 5.42. The van der Waals surface area contributed by atoms with Gasteiger partial charge in [0.25, 0.3) is 0 Å². The molecule has 0 amide bonds. The van der Waals surface area contributed by atoms with Crippen LogP contribution in [0.5, 0.6) is 0 Å². The molecule has 3 aliphatic carbocycles. The second-order valence-electron chi connectivity index (χ2n) is 4.94. The maximum Gasteiger partial charge on any atom is 0.0152 e. The van der Waals surface area contributed by atoms with Gasteiger partial charge in [-0.1, -0.05) is 6.42 Å². The molecule has 12 heavy (non-hydrogen) atoms. The van der Waals surface area contributed by atoms with Crippen LogP contribution in [0.1, 0.15) is 39.5 Å². The van der Waals surface area contributed by atoms with Crippen LogP contribution in [0.3, 0.4) is 0 Å². The standard InChI is InChI=1S/C11H21N/c1-8(2)12(3)11-9-5-4-6-10(11)7-9/h8-11H,4-7H2,1-3H3. The molecule has 0 N–H and O–H groups in total. The fraction of sp³-hybridized carbons (Fsp3) is 1.00. The van der Waals surface area contributed by atoms with Crippen LogP contribution in [0.15, 0.2) is 0 Å². The Morgan fingerprint density at radius 3 is 2.17 bits per heavy atom. The number of hydrogen-bond donors (Lipinski definition) is 0. The Kier molecular flexibility index (Phi) is 2.16. The third-order valence-corrected chi connectivity index (χ3v) is 4.01. The van der Waals surface area contributed by atoms with Gasteiger partial charge in [0.1, 0.15) is 0 Å². The Hall–Kier alpha value is -0.0400. The number of nitrogens with zero attached hydrogens (tertiary/aromatic N) is 1. The third-order valence-electron chi connectivity index (χ3n) is 4.01. The molecular formula is C11H21N. The van der Waals surface area contributed by atoms with Crippen molar-refractivity contribution in [3.63, 3.8) is 0 Å². The molecule has 70 valence electrons. The minimum absolute atomic E-state index is 0.735. The zero-order valence-electron chi connectivity index (χ0n) is 8.59. The van der Waals surface area contributed by atoms with Gasteiger partial charge in [-0.25, -0.2) is 0 Å². The average molecular weight is 167 g/mol. The third kappa shape index (κ3) is 1.19. The maximum atomic E-state index is 2.60. The summed E-state index contributed by atoms with van der Waals surface area (Å²) in [5, 5.41) is 0. The number of rotatable bonds is 2. The molecule has 2 unspecified atom stereocenters. The predicted molar refractivity (Wildman–Crippen MR) is 52.1 cm³/mol. The quantitative estimate of drug-likeness (QED) is 0.611. The van der Waals surface area contributed by atoms with Gasteiger partial charge < -0.3 is 4.90 Å².